The summed E-state index contributed by atoms with van der Waals surface area (Å²) in [5.74, 6) is 0.191. The maximum absolute atomic E-state index is 12.5. The highest BCUT2D eigenvalue weighted by molar-refractivity contribution is 5.95. The fraction of sp³-hybridized carbons (Fsp3) is 0.500. The van der Waals surface area contributed by atoms with Gasteiger partial charge in [0.05, 0.1) is 0 Å². The van der Waals surface area contributed by atoms with E-state index in [2.05, 4.69) is 0 Å². The average Bonchev–Trinajstić information content (AvgIpc) is 2.85. The Bertz CT molecular complexity index is 494. The Morgan fingerprint density at radius 3 is 2.45 bits per heavy atom. The van der Waals surface area contributed by atoms with Crippen LogP contribution in [0, 0.1) is 0 Å². The highest BCUT2D eigenvalue weighted by Crippen LogP contribution is 2.23. The third-order valence-corrected chi connectivity index (χ3v) is 3.79. The van der Waals surface area contributed by atoms with Gasteiger partial charge < -0.3 is 9.80 Å². The Labute approximate surface area is 120 Å². The van der Waals surface area contributed by atoms with Crippen LogP contribution in [-0.2, 0) is 4.79 Å². The molecule has 0 aromatic heterocycles. The first-order valence-electron chi connectivity index (χ1n) is 7.07. The molecule has 1 heterocycles. The van der Waals surface area contributed by atoms with Crippen molar-refractivity contribution in [3.05, 3.63) is 29.8 Å². The number of nitrogens with zero attached hydrogens (tertiary/aromatic N) is 2. The monoisotopic (exact) mass is 274 g/mol. The van der Waals surface area contributed by atoms with E-state index in [1.165, 1.54) is 0 Å². The number of carbonyl (C=O) groups is 2. The zero-order chi connectivity index (χ0) is 14.7. The van der Waals surface area contributed by atoms with Crippen LogP contribution < -0.4 is 4.90 Å². The maximum Gasteiger partial charge on any atom is 0.254 e. The third kappa shape index (κ3) is 3.18. The van der Waals surface area contributed by atoms with Crippen LogP contribution in [0.4, 0.5) is 5.69 Å². The molecule has 108 valence electrons. The molecule has 2 rings (SSSR count). The summed E-state index contributed by atoms with van der Waals surface area (Å²) in [6.07, 6.45) is 2.39. The van der Waals surface area contributed by atoms with Crippen molar-refractivity contribution in [2.24, 2.45) is 0 Å². The third-order valence-electron chi connectivity index (χ3n) is 3.79. The van der Waals surface area contributed by atoms with Gasteiger partial charge in [0, 0.05) is 44.4 Å². The largest absolute Gasteiger partial charge is 0.378 e. The molecule has 1 amide bonds. The first-order valence-corrected chi connectivity index (χ1v) is 7.07. The van der Waals surface area contributed by atoms with Gasteiger partial charge in [-0.05, 0) is 44.0 Å². The molecule has 4 nitrogen and oxygen atoms in total. The molecular formula is C16H22N2O2. The lowest BCUT2D eigenvalue weighted by Crippen LogP contribution is -2.36. The molecule has 0 radical (unpaired) electrons. The summed E-state index contributed by atoms with van der Waals surface area (Å²) in [7, 11) is 3.94. The quantitative estimate of drug-likeness (QED) is 0.846. The van der Waals surface area contributed by atoms with Gasteiger partial charge in [-0.25, -0.2) is 0 Å². The van der Waals surface area contributed by atoms with Crippen LogP contribution >= 0.6 is 0 Å². The Hall–Kier alpha value is -1.84. The van der Waals surface area contributed by atoms with Crippen molar-refractivity contribution < 1.29 is 9.59 Å². The molecule has 1 atom stereocenters. The summed E-state index contributed by atoms with van der Waals surface area (Å²) in [6, 6.07) is 7.70. The summed E-state index contributed by atoms with van der Waals surface area (Å²) >= 11 is 0. The number of likely N-dealkylation sites (tertiary alicyclic amines) is 1. The first kappa shape index (κ1) is 14.6. The molecule has 0 spiro atoms. The van der Waals surface area contributed by atoms with Gasteiger partial charge >= 0.3 is 0 Å². The molecule has 20 heavy (non-hydrogen) atoms. The molecule has 1 saturated heterocycles. The molecular weight excluding hydrogens is 252 g/mol. The van der Waals surface area contributed by atoms with Gasteiger partial charge in [-0.15, -0.1) is 0 Å². The molecule has 1 aliphatic heterocycles. The van der Waals surface area contributed by atoms with Crippen LogP contribution in [0.1, 0.15) is 36.5 Å². The molecule has 0 aliphatic carbocycles. The van der Waals surface area contributed by atoms with Crippen LogP contribution in [0.2, 0.25) is 0 Å². The molecule has 1 aliphatic rings. The highest BCUT2D eigenvalue weighted by Gasteiger charge is 2.30. The summed E-state index contributed by atoms with van der Waals surface area (Å²) in [5, 5.41) is 0. The fourth-order valence-corrected chi connectivity index (χ4v) is 2.72. The van der Waals surface area contributed by atoms with E-state index in [1.807, 2.05) is 48.2 Å². The lowest BCUT2D eigenvalue weighted by molar-refractivity contribution is -0.117. The number of Topliss-reactive ketones (excluding diaryl/α,β-unsaturated/α-hetero) is 1. The number of carbonyl (C=O) groups excluding carboxylic acids is 2. The molecule has 0 saturated carbocycles. The predicted molar refractivity (Wildman–Crippen MR) is 80.1 cm³/mol. The number of amides is 1. The standard InChI is InChI=1S/C16H22N2O2/c1-12(19)11-15-5-4-10-18(15)16(20)13-6-8-14(9-7-13)17(2)3/h6-9,15H,4-5,10-11H2,1-3H3. The summed E-state index contributed by atoms with van der Waals surface area (Å²) in [4.78, 5) is 27.7. The van der Waals surface area contributed by atoms with E-state index in [0.717, 1.165) is 25.1 Å². The van der Waals surface area contributed by atoms with Crippen molar-refractivity contribution >= 4 is 17.4 Å². The molecule has 4 heteroatoms. The molecule has 1 aromatic carbocycles. The van der Waals surface area contributed by atoms with Crippen molar-refractivity contribution in [2.75, 3.05) is 25.5 Å². The minimum absolute atomic E-state index is 0.0408. The Morgan fingerprint density at radius 2 is 1.90 bits per heavy atom. The molecule has 0 bridgehead atoms. The van der Waals surface area contributed by atoms with Gasteiger partial charge in [-0.2, -0.15) is 0 Å². The van der Waals surface area contributed by atoms with Gasteiger partial charge in [0.2, 0.25) is 0 Å². The zero-order valence-corrected chi connectivity index (χ0v) is 12.4. The van der Waals surface area contributed by atoms with Gasteiger partial charge in [0.1, 0.15) is 5.78 Å². The van der Waals surface area contributed by atoms with Crippen LogP contribution in [0.15, 0.2) is 24.3 Å². The topological polar surface area (TPSA) is 40.6 Å². The molecule has 1 aromatic rings. The molecule has 1 unspecified atom stereocenters. The van der Waals surface area contributed by atoms with Crippen LogP contribution in [-0.4, -0.2) is 43.3 Å². The SMILES string of the molecule is CC(=O)CC1CCCN1C(=O)c1ccc(N(C)C)cc1. The molecule has 0 N–H and O–H groups in total. The van der Waals surface area contributed by atoms with E-state index in [4.69, 9.17) is 0 Å². The Balaban J connectivity index is 2.11. The zero-order valence-electron chi connectivity index (χ0n) is 12.4. The Morgan fingerprint density at radius 1 is 1.25 bits per heavy atom. The number of anilines is 1. The van der Waals surface area contributed by atoms with Crippen molar-refractivity contribution in [3.8, 4) is 0 Å². The maximum atomic E-state index is 12.5. The van der Waals surface area contributed by atoms with Crippen LogP contribution in [0.5, 0.6) is 0 Å². The van der Waals surface area contributed by atoms with E-state index >= 15 is 0 Å². The van der Waals surface area contributed by atoms with Crippen LogP contribution in [0.25, 0.3) is 0 Å². The number of ketones is 1. The lowest BCUT2D eigenvalue weighted by Gasteiger charge is -2.24. The second-order valence-corrected chi connectivity index (χ2v) is 5.64. The van der Waals surface area contributed by atoms with E-state index < -0.39 is 0 Å². The minimum Gasteiger partial charge on any atom is -0.378 e. The smallest absolute Gasteiger partial charge is 0.254 e. The summed E-state index contributed by atoms with van der Waals surface area (Å²) in [5.41, 5.74) is 1.77. The van der Waals surface area contributed by atoms with E-state index in [1.54, 1.807) is 6.92 Å². The number of hydrogen-bond donors (Lipinski definition) is 0. The van der Waals surface area contributed by atoms with Crippen molar-refractivity contribution in [1.82, 2.24) is 4.90 Å². The minimum atomic E-state index is 0.0408. The predicted octanol–water partition coefficient (Wildman–Crippen LogP) is 2.34. The number of rotatable bonds is 4. The summed E-state index contributed by atoms with van der Waals surface area (Å²) < 4.78 is 0. The number of benzene rings is 1. The van der Waals surface area contributed by atoms with Crippen LogP contribution in [0.3, 0.4) is 0 Å². The molecule has 1 fully saturated rings. The fourth-order valence-electron chi connectivity index (χ4n) is 2.72. The highest BCUT2D eigenvalue weighted by atomic mass is 16.2. The van der Waals surface area contributed by atoms with Crippen molar-refractivity contribution in [1.29, 1.82) is 0 Å². The lowest BCUT2D eigenvalue weighted by atomic mass is 10.1. The first-order chi connectivity index (χ1) is 9.49. The van der Waals surface area contributed by atoms with Crippen molar-refractivity contribution in [2.45, 2.75) is 32.2 Å². The number of hydrogen-bond acceptors (Lipinski definition) is 3. The second-order valence-electron chi connectivity index (χ2n) is 5.64. The summed E-state index contributed by atoms with van der Waals surface area (Å²) in [6.45, 7) is 2.35. The van der Waals surface area contributed by atoms with Gasteiger partial charge in [0.25, 0.3) is 5.91 Å². The van der Waals surface area contributed by atoms with E-state index in [9.17, 15) is 9.59 Å². The van der Waals surface area contributed by atoms with E-state index in [0.29, 0.717) is 12.0 Å². The van der Waals surface area contributed by atoms with Gasteiger partial charge in [0.15, 0.2) is 0 Å². The van der Waals surface area contributed by atoms with E-state index in [-0.39, 0.29) is 17.7 Å². The van der Waals surface area contributed by atoms with Gasteiger partial charge in [-0.3, -0.25) is 9.59 Å². The Kier molecular flexibility index (Phi) is 4.42. The average molecular weight is 274 g/mol. The van der Waals surface area contributed by atoms with Gasteiger partial charge in [-0.1, -0.05) is 0 Å². The van der Waals surface area contributed by atoms with Crippen molar-refractivity contribution in [3.63, 3.8) is 0 Å². The normalized spacial score (nSPS) is 18.1. The second kappa shape index (κ2) is 6.07.